The molecule has 3 atom stereocenters. The molecule has 3 unspecified atom stereocenters. The first-order valence-electron chi connectivity index (χ1n) is 10.1. The Kier molecular flexibility index (Phi) is 15.6. The van der Waals surface area contributed by atoms with E-state index in [0.29, 0.717) is 12.5 Å². The predicted molar refractivity (Wildman–Crippen MR) is 114 cm³/mol. The van der Waals surface area contributed by atoms with Crippen LogP contribution in [0, 0.1) is 23.7 Å². The van der Waals surface area contributed by atoms with Gasteiger partial charge in [-0.25, -0.2) is 4.79 Å². The van der Waals surface area contributed by atoms with Crippen LogP contribution in [0.25, 0.3) is 0 Å². The number of hydrogen-bond acceptors (Lipinski definition) is 2. The van der Waals surface area contributed by atoms with Crippen LogP contribution in [0.4, 0.5) is 4.79 Å². The van der Waals surface area contributed by atoms with Gasteiger partial charge in [-0.05, 0) is 30.1 Å². The summed E-state index contributed by atoms with van der Waals surface area (Å²) in [6.07, 6.45) is 13.3. The standard InChI is InChI=1S/C21H41IO2/c1-17(2)9-6-10-18(3)11-7-12-19(4)13-8-14-20(5)15-16-24-21(22)23/h17-20H,6-16H2,1-5H3. The lowest BCUT2D eigenvalue weighted by Gasteiger charge is -2.16. The molecule has 0 heterocycles. The number of hydrogen-bond donors (Lipinski definition) is 0. The highest BCUT2D eigenvalue weighted by molar-refractivity contribution is 14.1. The molecule has 0 aromatic heterocycles. The topological polar surface area (TPSA) is 26.3 Å². The fourth-order valence-corrected chi connectivity index (χ4v) is 3.50. The molecule has 24 heavy (non-hydrogen) atoms. The number of ether oxygens (including phenoxy) is 1. The zero-order valence-electron chi connectivity index (χ0n) is 16.8. The summed E-state index contributed by atoms with van der Waals surface area (Å²) in [6.45, 7) is 12.3. The van der Waals surface area contributed by atoms with Crippen LogP contribution >= 0.6 is 22.6 Å². The Morgan fingerprint density at radius 2 is 1.08 bits per heavy atom. The second-order valence-electron chi connectivity index (χ2n) is 8.38. The smallest absolute Gasteiger partial charge is 0.367 e. The zero-order valence-corrected chi connectivity index (χ0v) is 18.9. The van der Waals surface area contributed by atoms with Gasteiger partial charge in [-0.1, -0.05) is 92.4 Å². The summed E-state index contributed by atoms with van der Waals surface area (Å²) < 4.78 is 4.82. The van der Waals surface area contributed by atoms with Crippen LogP contribution in [0.5, 0.6) is 0 Å². The number of rotatable bonds is 15. The fourth-order valence-electron chi connectivity index (χ4n) is 3.28. The Balaban J connectivity index is 3.51. The highest BCUT2D eigenvalue weighted by Crippen LogP contribution is 2.22. The molecule has 0 radical (unpaired) electrons. The van der Waals surface area contributed by atoms with Gasteiger partial charge in [0.1, 0.15) is 0 Å². The molecule has 0 N–H and O–H groups in total. The van der Waals surface area contributed by atoms with Crippen molar-refractivity contribution in [1.29, 1.82) is 0 Å². The molecular formula is C21H41IO2. The van der Waals surface area contributed by atoms with E-state index < -0.39 is 0 Å². The lowest BCUT2D eigenvalue weighted by Crippen LogP contribution is -2.04. The molecule has 0 saturated heterocycles. The number of carbonyl (C=O) groups excluding carboxylic acids is 1. The largest absolute Gasteiger partial charge is 0.458 e. The van der Waals surface area contributed by atoms with Gasteiger partial charge >= 0.3 is 3.98 Å². The van der Waals surface area contributed by atoms with Crippen molar-refractivity contribution in [2.75, 3.05) is 6.61 Å². The summed E-state index contributed by atoms with van der Waals surface area (Å²) in [7, 11) is 0. The van der Waals surface area contributed by atoms with Crippen LogP contribution in [-0.4, -0.2) is 10.6 Å². The van der Waals surface area contributed by atoms with E-state index in [9.17, 15) is 4.79 Å². The molecular weight excluding hydrogens is 411 g/mol. The van der Waals surface area contributed by atoms with Gasteiger partial charge in [-0.15, -0.1) is 0 Å². The van der Waals surface area contributed by atoms with Crippen molar-refractivity contribution < 1.29 is 9.53 Å². The maximum Gasteiger partial charge on any atom is 0.367 e. The van der Waals surface area contributed by atoms with Crippen LogP contribution in [-0.2, 0) is 4.74 Å². The molecule has 0 rings (SSSR count). The van der Waals surface area contributed by atoms with Gasteiger partial charge in [0, 0.05) is 0 Å². The second-order valence-corrected chi connectivity index (χ2v) is 9.26. The molecule has 144 valence electrons. The van der Waals surface area contributed by atoms with Crippen molar-refractivity contribution in [1.82, 2.24) is 0 Å². The Labute approximate surface area is 165 Å². The third-order valence-electron chi connectivity index (χ3n) is 5.09. The molecule has 0 saturated carbocycles. The van der Waals surface area contributed by atoms with Gasteiger partial charge in [0.2, 0.25) is 0 Å². The second kappa shape index (κ2) is 15.5. The highest BCUT2D eigenvalue weighted by Gasteiger charge is 2.08. The van der Waals surface area contributed by atoms with Crippen LogP contribution in [0.2, 0.25) is 0 Å². The first-order chi connectivity index (χ1) is 11.3. The van der Waals surface area contributed by atoms with E-state index in [2.05, 4.69) is 34.6 Å². The molecule has 2 nitrogen and oxygen atoms in total. The zero-order chi connectivity index (χ0) is 18.4. The molecule has 0 aromatic carbocycles. The average Bonchev–Trinajstić information content (AvgIpc) is 2.46. The summed E-state index contributed by atoms with van der Waals surface area (Å²) >= 11 is 1.69. The third-order valence-corrected chi connectivity index (χ3v) is 5.40. The third kappa shape index (κ3) is 17.0. The van der Waals surface area contributed by atoms with E-state index in [1.54, 1.807) is 22.6 Å². The van der Waals surface area contributed by atoms with E-state index in [0.717, 1.165) is 24.2 Å². The lowest BCUT2D eigenvalue weighted by molar-refractivity contribution is 0.169. The van der Waals surface area contributed by atoms with Gasteiger partial charge in [-0.2, -0.15) is 0 Å². The predicted octanol–water partition coefficient (Wildman–Crippen LogP) is 8.02. The van der Waals surface area contributed by atoms with Gasteiger partial charge < -0.3 is 4.74 Å². The summed E-state index contributed by atoms with van der Waals surface area (Å²) in [5.41, 5.74) is 0. The molecule has 0 aliphatic carbocycles. The minimum atomic E-state index is -0.188. The van der Waals surface area contributed by atoms with Crippen molar-refractivity contribution in [3.05, 3.63) is 0 Å². The van der Waals surface area contributed by atoms with E-state index >= 15 is 0 Å². The fraction of sp³-hybridized carbons (Fsp3) is 0.952. The van der Waals surface area contributed by atoms with Crippen molar-refractivity contribution in [3.8, 4) is 0 Å². The summed E-state index contributed by atoms with van der Waals surface area (Å²) in [5, 5.41) is 0. The van der Waals surface area contributed by atoms with Crippen molar-refractivity contribution in [2.24, 2.45) is 23.7 Å². The molecule has 3 heteroatoms. The number of halogens is 1. The maximum absolute atomic E-state index is 10.7. The molecule has 0 amide bonds. The average molecular weight is 452 g/mol. The van der Waals surface area contributed by atoms with Crippen LogP contribution in [0.15, 0.2) is 0 Å². The van der Waals surface area contributed by atoms with E-state index in [1.165, 1.54) is 57.8 Å². The van der Waals surface area contributed by atoms with Gasteiger partial charge in [-0.3, -0.25) is 0 Å². The van der Waals surface area contributed by atoms with E-state index in [1.807, 2.05) is 0 Å². The summed E-state index contributed by atoms with van der Waals surface area (Å²) in [4.78, 5) is 10.7. The first-order valence-corrected chi connectivity index (χ1v) is 11.2. The maximum atomic E-state index is 10.7. The van der Waals surface area contributed by atoms with E-state index in [4.69, 9.17) is 4.74 Å². The monoisotopic (exact) mass is 452 g/mol. The Hall–Kier alpha value is 0.200. The SMILES string of the molecule is CC(C)CCCC(C)CCCC(C)CCCC(C)CCOC(=O)I. The van der Waals surface area contributed by atoms with Crippen molar-refractivity contribution >= 4 is 26.6 Å². The van der Waals surface area contributed by atoms with Crippen LogP contribution in [0.3, 0.4) is 0 Å². The Morgan fingerprint density at radius 1 is 0.708 bits per heavy atom. The number of carbonyl (C=O) groups is 1. The first kappa shape index (κ1) is 24.2. The van der Waals surface area contributed by atoms with Crippen molar-refractivity contribution in [3.63, 3.8) is 0 Å². The Bertz CT molecular complexity index is 304. The molecule has 0 fully saturated rings. The van der Waals surface area contributed by atoms with Gasteiger partial charge in [0.25, 0.3) is 0 Å². The highest BCUT2D eigenvalue weighted by atomic mass is 127. The molecule has 0 aromatic rings. The quantitative estimate of drug-likeness (QED) is 0.186. The minimum absolute atomic E-state index is 0.188. The molecule has 0 spiro atoms. The van der Waals surface area contributed by atoms with Crippen LogP contribution < -0.4 is 0 Å². The van der Waals surface area contributed by atoms with Crippen molar-refractivity contribution in [2.45, 2.75) is 98.8 Å². The lowest BCUT2D eigenvalue weighted by atomic mass is 9.91. The minimum Gasteiger partial charge on any atom is -0.458 e. The van der Waals surface area contributed by atoms with Crippen LogP contribution in [0.1, 0.15) is 98.8 Å². The van der Waals surface area contributed by atoms with E-state index in [-0.39, 0.29) is 3.98 Å². The normalized spacial score (nSPS) is 15.3. The molecule has 0 aliphatic heterocycles. The summed E-state index contributed by atoms with van der Waals surface area (Å²) in [6, 6.07) is 0. The van der Waals surface area contributed by atoms with Gasteiger partial charge in [0.15, 0.2) is 0 Å². The summed E-state index contributed by atoms with van der Waals surface area (Å²) in [5.74, 6) is 3.27. The molecule has 0 bridgehead atoms. The Morgan fingerprint density at radius 3 is 1.46 bits per heavy atom. The molecule has 0 aliphatic rings. The van der Waals surface area contributed by atoms with Gasteiger partial charge in [0.05, 0.1) is 29.2 Å².